The van der Waals surface area contributed by atoms with Gasteiger partial charge in [0.25, 0.3) is 5.91 Å². The van der Waals surface area contributed by atoms with Crippen molar-refractivity contribution in [1.29, 1.82) is 0 Å². The van der Waals surface area contributed by atoms with Crippen molar-refractivity contribution >= 4 is 5.91 Å². The second-order valence-electron chi connectivity index (χ2n) is 6.22. The van der Waals surface area contributed by atoms with E-state index in [1.807, 2.05) is 36.4 Å². The minimum Gasteiger partial charge on any atom is -0.381 e. The summed E-state index contributed by atoms with van der Waals surface area (Å²) in [4.78, 5) is 16.5. The normalized spacial score (nSPS) is 16.5. The van der Waals surface area contributed by atoms with Crippen LogP contribution in [0.15, 0.2) is 48.7 Å². The van der Waals surface area contributed by atoms with Crippen molar-refractivity contribution in [3.8, 4) is 11.1 Å². The quantitative estimate of drug-likeness (QED) is 0.917. The Kier molecular flexibility index (Phi) is 5.20. The molecule has 0 saturated carbocycles. The molecule has 0 spiro atoms. The third-order valence-electron chi connectivity index (χ3n) is 4.56. The Morgan fingerprint density at radius 3 is 2.62 bits per heavy atom. The predicted molar refractivity (Wildman–Crippen MR) is 90.5 cm³/mol. The number of alkyl halides is 1. The van der Waals surface area contributed by atoms with Gasteiger partial charge in [0.05, 0.1) is 6.67 Å². The number of ether oxygens (including phenoxy) is 1. The zero-order chi connectivity index (χ0) is 16.8. The highest BCUT2D eigenvalue weighted by molar-refractivity contribution is 5.93. The van der Waals surface area contributed by atoms with E-state index in [0.717, 1.165) is 11.1 Å². The summed E-state index contributed by atoms with van der Waals surface area (Å²) in [6.45, 7) is 0.945. The molecule has 1 aromatic carbocycles. The summed E-state index contributed by atoms with van der Waals surface area (Å²) < 4.78 is 18.7. The Hall–Kier alpha value is -2.27. The maximum Gasteiger partial charge on any atom is 0.269 e. The molecule has 24 heavy (non-hydrogen) atoms. The Morgan fingerprint density at radius 2 is 1.92 bits per heavy atom. The van der Waals surface area contributed by atoms with E-state index in [2.05, 4.69) is 10.3 Å². The maximum atomic E-state index is 13.4. The first kappa shape index (κ1) is 16.6. The number of hydrogen-bond donors (Lipinski definition) is 1. The van der Waals surface area contributed by atoms with Crippen LogP contribution in [0.5, 0.6) is 0 Å². The number of carbonyl (C=O) groups is 1. The van der Waals surface area contributed by atoms with Crippen molar-refractivity contribution in [2.75, 3.05) is 26.4 Å². The molecule has 126 valence electrons. The highest BCUT2D eigenvalue weighted by Gasteiger charge is 2.33. The molecule has 2 aromatic rings. The minimum atomic E-state index is -0.509. The lowest BCUT2D eigenvalue weighted by atomic mass is 9.81. The Labute approximate surface area is 141 Å². The highest BCUT2D eigenvalue weighted by atomic mass is 19.1. The standard InChI is InChI=1S/C19H21FN2O2/c20-13-19(7-10-24-11-8-19)14-22-18(23)17-12-16(6-9-21-17)15-4-2-1-3-5-15/h1-6,9,12H,7-8,10-11,13-14H2,(H,22,23). The number of aromatic nitrogens is 1. The average Bonchev–Trinajstić information content (AvgIpc) is 2.67. The van der Waals surface area contributed by atoms with E-state index in [0.29, 0.717) is 38.3 Å². The van der Waals surface area contributed by atoms with Crippen molar-refractivity contribution in [3.63, 3.8) is 0 Å². The van der Waals surface area contributed by atoms with Gasteiger partial charge in [0.2, 0.25) is 0 Å². The zero-order valence-electron chi connectivity index (χ0n) is 13.5. The molecule has 1 saturated heterocycles. The zero-order valence-corrected chi connectivity index (χ0v) is 13.5. The van der Waals surface area contributed by atoms with Crippen LogP contribution in [0.1, 0.15) is 23.3 Å². The van der Waals surface area contributed by atoms with Crippen LogP contribution in [-0.2, 0) is 4.74 Å². The van der Waals surface area contributed by atoms with E-state index < -0.39 is 12.1 Å². The molecule has 1 amide bonds. The SMILES string of the molecule is O=C(NCC1(CF)CCOCC1)c1cc(-c2ccccc2)ccn1. The van der Waals surface area contributed by atoms with Gasteiger partial charge < -0.3 is 10.1 Å². The van der Waals surface area contributed by atoms with Gasteiger partial charge in [-0.05, 0) is 36.1 Å². The van der Waals surface area contributed by atoms with E-state index in [1.54, 1.807) is 12.3 Å². The van der Waals surface area contributed by atoms with Crippen LogP contribution in [0.4, 0.5) is 4.39 Å². The molecule has 0 bridgehead atoms. The lowest BCUT2D eigenvalue weighted by Crippen LogP contribution is -2.43. The van der Waals surface area contributed by atoms with Crippen LogP contribution in [-0.4, -0.2) is 37.3 Å². The third kappa shape index (κ3) is 3.79. The van der Waals surface area contributed by atoms with Gasteiger partial charge in [-0.15, -0.1) is 0 Å². The highest BCUT2D eigenvalue weighted by Crippen LogP contribution is 2.30. The Morgan fingerprint density at radius 1 is 1.17 bits per heavy atom. The molecule has 1 aromatic heterocycles. The Balaban J connectivity index is 1.69. The second-order valence-corrected chi connectivity index (χ2v) is 6.22. The smallest absolute Gasteiger partial charge is 0.269 e. The first-order valence-corrected chi connectivity index (χ1v) is 8.16. The molecule has 0 aliphatic carbocycles. The van der Waals surface area contributed by atoms with Gasteiger partial charge in [-0.25, -0.2) is 0 Å². The molecule has 3 rings (SSSR count). The number of pyridine rings is 1. The fourth-order valence-electron chi connectivity index (χ4n) is 2.89. The fraction of sp³-hybridized carbons (Fsp3) is 0.368. The summed E-state index contributed by atoms with van der Waals surface area (Å²) in [5, 5.41) is 2.84. The summed E-state index contributed by atoms with van der Waals surface area (Å²) in [7, 11) is 0. The van der Waals surface area contributed by atoms with E-state index in [1.165, 1.54) is 0 Å². The van der Waals surface area contributed by atoms with Crippen LogP contribution in [0.25, 0.3) is 11.1 Å². The van der Waals surface area contributed by atoms with E-state index in [4.69, 9.17) is 4.74 Å². The summed E-state index contributed by atoms with van der Waals surface area (Å²) in [5.74, 6) is -0.271. The molecule has 4 nitrogen and oxygen atoms in total. The van der Waals surface area contributed by atoms with Crippen molar-refractivity contribution in [2.24, 2.45) is 5.41 Å². The third-order valence-corrected chi connectivity index (χ3v) is 4.56. The minimum absolute atomic E-state index is 0.271. The largest absolute Gasteiger partial charge is 0.381 e. The summed E-state index contributed by atoms with van der Waals surface area (Å²) in [5.41, 5.74) is 1.79. The van der Waals surface area contributed by atoms with Gasteiger partial charge in [0.15, 0.2) is 0 Å². The lowest BCUT2D eigenvalue weighted by molar-refractivity contribution is 0.00259. The summed E-state index contributed by atoms with van der Waals surface area (Å²) >= 11 is 0. The Bertz CT molecular complexity index is 685. The molecule has 2 heterocycles. The van der Waals surface area contributed by atoms with Crippen LogP contribution in [0.3, 0.4) is 0 Å². The number of hydrogen-bond acceptors (Lipinski definition) is 3. The number of benzene rings is 1. The number of nitrogens with one attached hydrogen (secondary N) is 1. The molecule has 5 heteroatoms. The fourth-order valence-corrected chi connectivity index (χ4v) is 2.89. The van der Waals surface area contributed by atoms with Gasteiger partial charge in [0, 0.05) is 31.4 Å². The maximum absolute atomic E-state index is 13.4. The number of rotatable bonds is 5. The molecule has 1 N–H and O–H groups in total. The molecule has 0 radical (unpaired) electrons. The molecule has 1 aliphatic rings. The molecule has 1 aliphatic heterocycles. The van der Waals surface area contributed by atoms with Crippen LogP contribution in [0.2, 0.25) is 0 Å². The second kappa shape index (κ2) is 7.53. The first-order chi connectivity index (χ1) is 11.7. The van der Waals surface area contributed by atoms with Crippen molar-refractivity contribution in [1.82, 2.24) is 10.3 Å². The number of halogens is 1. The van der Waals surface area contributed by atoms with Crippen LogP contribution in [0, 0.1) is 5.41 Å². The van der Waals surface area contributed by atoms with Crippen LogP contribution >= 0.6 is 0 Å². The number of nitrogens with zero attached hydrogens (tertiary/aromatic N) is 1. The van der Waals surface area contributed by atoms with Crippen molar-refractivity contribution < 1.29 is 13.9 Å². The molecular formula is C19H21FN2O2. The average molecular weight is 328 g/mol. The number of carbonyl (C=O) groups excluding carboxylic acids is 1. The molecular weight excluding hydrogens is 307 g/mol. The van der Waals surface area contributed by atoms with Gasteiger partial charge >= 0.3 is 0 Å². The topological polar surface area (TPSA) is 51.2 Å². The van der Waals surface area contributed by atoms with Gasteiger partial charge in [0.1, 0.15) is 5.69 Å². The van der Waals surface area contributed by atoms with Crippen molar-refractivity contribution in [3.05, 3.63) is 54.4 Å². The molecule has 0 unspecified atom stereocenters. The van der Waals surface area contributed by atoms with E-state index >= 15 is 0 Å². The number of amides is 1. The van der Waals surface area contributed by atoms with Gasteiger partial charge in [-0.1, -0.05) is 30.3 Å². The summed E-state index contributed by atoms with van der Waals surface area (Å²) in [6, 6.07) is 13.4. The van der Waals surface area contributed by atoms with Gasteiger partial charge in [-0.2, -0.15) is 0 Å². The molecule has 1 fully saturated rings. The van der Waals surface area contributed by atoms with Crippen LogP contribution < -0.4 is 5.32 Å². The van der Waals surface area contributed by atoms with Crippen molar-refractivity contribution in [2.45, 2.75) is 12.8 Å². The monoisotopic (exact) mass is 328 g/mol. The van der Waals surface area contributed by atoms with Gasteiger partial charge in [-0.3, -0.25) is 14.2 Å². The first-order valence-electron chi connectivity index (χ1n) is 8.16. The molecule has 0 atom stereocenters. The lowest BCUT2D eigenvalue weighted by Gasteiger charge is -2.34. The van der Waals surface area contributed by atoms with E-state index in [9.17, 15) is 9.18 Å². The summed E-state index contributed by atoms with van der Waals surface area (Å²) in [6.07, 6.45) is 2.87. The van der Waals surface area contributed by atoms with E-state index in [-0.39, 0.29) is 5.91 Å². The predicted octanol–water partition coefficient (Wildman–Crippen LogP) is 3.24.